The number of ether oxygens (including phenoxy) is 1. The van der Waals surface area contributed by atoms with Gasteiger partial charge in [-0.3, -0.25) is 19.3 Å². The van der Waals surface area contributed by atoms with E-state index in [0.717, 1.165) is 16.7 Å². The summed E-state index contributed by atoms with van der Waals surface area (Å²) in [6.45, 7) is 4.51. The maximum absolute atomic E-state index is 13.6. The van der Waals surface area contributed by atoms with Crippen molar-refractivity contribution in [2.24, 2.45) is 5.92 Å². The topological polar surface area (TPSA) is 107 Å². The predicted molar refractivity (Wildman–Crippen MR) is 119 cm³/mol. The molecule has 0 aliphatic carbocycles. The van der Waals surface area contributed by atoms with E-state index in [1.54, 1.807) is 0 Å². The fourth-order valence-electron chi connectivity index (χ4n) is 4.40. The molecular formula is C24H28N2O6. The molecule has 2 aromatic rings. The van der Waals surface area contributed by atoms with E-state index in [0.29, 0.717) is 38.4 Å². The fraction of sp³-hybridized carbons (Fsp3) is 0.375. The van der Waals surface area contributed by atoms with Gasteiger partial charge in [0.25, 0.3) is 12.4 Å². The number of carbonyl (C=O) groups excluding carboxylic acids is 1. The van der Waals surface area contributed by atoms with Crippen LogP contribution in [-0.4, -0.2) is 83.8 Å². The lowest BCUT2D eigenvalue weighted by Gasteiger charge is -2.31. The second-order valence-electron chi connectivity index (χ2n) is 8.12. The van der Waals surface area contributed by atoms with Gasteiger partial charge in [0.15, 0.2) is 0 Å². The summed E-state index contributed by atoms with van der Waals surface area (Å²) in [5.74, 6) is -0.745. The van der Waals surface area contributed by atoms with Gasteiger partial charge in [-0.2, -0.15) is 0 Å². The summed E-state index contributed by atoms with van der Waals surface area (Å²) in [5, 5.41) is 16.1. The van der Waals surface area contributed by atoms with Gasteiger partial charge in [0, 0.05) is 31.1 Å². The Kier molecular flexibility index (Phi) is 7.97. The molecule has 0 unspecified atom stereocenters. The standard InChI is InChI=1S/C23H26N2O4.CH2O2/c1-16-5-4-6-18(9-16)20-7-2-3-8-21(20)23(28)25-11-17-10-24(13-22(26)27)12-19(25)15-29-14-17;2-1-3/h2-9,17,19H,10-15H2,1H3,(H,26,27);1H,(H,2,3)/t17-,19-;/m0./s1. The zero-order valence-electron chi connectivity index (χ0n) is 18.0. The zero-order chi connectivity index (χ0) is 23.1. The SMILES string of the molecule is Cc1cccc(-c2ccccc2C(=O)N2C[C@H]3COC[C@@H]2CN(CC(=O)O)C3)c1.O=CO. The van der Waals surface area contributed by atoms with Crippen LogP contribution in [0.1, 0.15) is 15.9 Å². The van der Waals surface area contributed by atoms with E-state index >= 15 is 0 Å². The third-order valence-electron chi connectivity index (χ3n) is 5.65. The Morgan fingerprint density at radius 2 is 1.84 bits per heavy atom. The smallest absolute Gasteiger partial charge is 0.317 e. The number of carbonyl (C=O) groups is 3. The molecule has 1 amide bonds. The van der Waals surface area contributed by atoms with Crippen LogP contribution in [0.4, 0.5) is 0 Å². The van der Waals surface area contributed by atoms with Crippen LogP contribution in [0.2, 0.25) is 0 Å². The molecule has 2 aliphatic heterocycles. The highest BCUT2D eigenvalue weighted by molar-refractivity contribution is 6.01. The molecule has 2 saturated heterocycles. The summed E-state index contributed by atoms with van der Waals surface area (Å²) < 4.78 is 5.79. The van der Waals surface area contributed by atoms with Gasteiger partial charge >= 0.3 is 5.97 Å². The highest BCUT2D eigenvalue weighted by Crippen LogP contribution is 2.28. The van der Waals surface area contributed by atoms with Crippen LogP contribution in [0.15, 0.2) is 48.5 Å². The second-order valence-corrected chi connectivity index (χ2v) is 8.12. The maximum atomic E-state index is 13.6. The van der Waals surface area contributed by atoms with Crippen molar-refractivity contribution in [2.45, 2.75) is 13.0 Å². The first-order valence-electron chi connectivity index (χ1n) is 10.5. The Hall–Kier alpha value is -3.23. The summed E-state index contributed by atoms with van der Waals surface area (Å²) >= 11 is 0. The summed E-state index contributed by atoms with van der Waals surface area (Å²) in [5.41, 5.74) is 3.77. The summed E-state index contributed by atoms with van der Waals surface area (Å²) in [6, 6.07) is 15.7. The molecule has 170 valence electrons. The van der Waals surface area contributed by atoms with Gasteiger partial charge in [-0.15, -0.1) is 0 Å². The molecule has 2 aromatic carbocycles. The molecule has 2 N–H and O–H groups in total. The Labute approximate surface area is 187 Å². The number of carboxylic acids is 1. The lowest BCUT2D eigenvalue weighted by molar-refractivity contribution is -0.138. The van der Waals surface area contributed by atoms with E-state index in [1.165, 1.54) is 0 Å². The molecule has 8 heteroatoms. The number of hydrogen-bond acceptors (Lipinski definition) is 5. The van der Waals surface area contributed by atoms with Gasteiger partial charge in [0.1, 0.15) is 0 Å². The fourth-order valence-corrected chi connectivity index (χ4v) is 4.40. The Bertz CT molecular complexity index is 963. The molecule has 2 heterocycles. The molecule has 2 bridgehead atoms. The van der Waals surface area contributed by atoms with Gasteiger partial charge < -0.3 is 19.8 Å². The quantitative estimate of drug-likeness (QED) is 0.702. The van der Waals surface area contributed by atoms with Gasteiger partial charge in [0.2, 0.25) is 0 Å². The third-order valence-corrected chi connectivity index (χ3v) is 5.65. The van der Waals surface area contributed by atoms with E-state index in [9.17, 15) is 14.7 Å². The van der Waals surface area contributed by atoms with Gasteiger partial charge in [0.05, 0.1) is 25.8 Å². The van der Waals surface area contributed by atoms with Crippen molar-refractivity contribution in [3.8, 4) is 11.1 Å². The largest absolute Gasteiger partial charge is 0.483 e. The first-order valence-corrected chi connectivity index (χ1v) is 10.5. The molecule has 4 rings (SSSR count). The Morgan fingerprint density at radius 3 is 2.56 bits per heavy atom. The Balaban J connectivity index is 0.000000913. The van der Waals surface area contributed by atoms with E-state index in [4.69, 9.17) is 14.6 Å². The van der Waals surface area contributed by atoms with Crippen LogP contribution in [0, 0.1) is 12.8 Å². The number of nitrogens with zero attached hydrogens (tertiary/aromatic N) is 2. The van der Waals surface area contributed by atoms with Gasteiger partial charge in [-0.25, -0.2) is 0 Å². The minimum atomic E-state index is -0.839. The van der Waals surface area contributed by atoms with Crippen LogP contribution in [0.3, 0.4) is 0 Å². The van der Waals surface area contributed by atoms with Crippen LogP contribution in [0.5, 0.6) is 0 Å². The molecule has 8 nitrogen and oxygen atoms in total. The number of amides is 1. The van der Waals surface area contributed by atoms with Gasteiger partial charge in [-0.05, 0) is 24.1 Å². The van der Waals surface area contributed by atoms with Crippen molar-refractivity contribution in [3.63, 3.8) is 0 Å². The second kappa shape index (κ2) is 10.9. The van der Waals surface area contributed by atoms with E-state index in [1.807, 2.05) is 59.2 Å². The molecule has 0 saturated carbocycles. The number of aryl methyl sites for hydroxylation is 1. The number of aliphatic carboxylic acids is 1. The number of rotatable bonds is 4. The van der Waals surface area contributed by atoms with Crippen molar-refractivity contribution in [1.29, 1.82) is 0 Å². The number of fused-ring (bicyclic) bond motifs is 3. The molecule has 2 fully saturated rings. The van der Waals surface area contributed by atoms with Crippen LogP contribution in [-0.2, 0) is 14.3 Å². The predicted octanol–water partition coefficient (Wildman–Crippen LogP) is 2.22. The number of carboxylic acid groups (broad SMARTS) is 2. The van der Waals surface area contributed by atoms with Crippen molar-refractivity contribution in [2.75, 3.05) is 39.4 Å². The lowest BCUT2D eigenvalue weighted by Crippen LogP contribution is -2.47. The average molecular weight is 440 g/mol. The summed E-state index contributed by atoms with van der Waals surface area (Å²) in [4.78, 5) is 37.0. The van der Waals surface area contributed by atoms with Crippen molar-refractivity contribution in [3.05, 3.63) is 59.7 Å². The normalized spacial score (nSPS) is 20.5. The first kappa shape index (κ1) is 23.4. The van der Waals surface area contributed by atoms with E-state index in [2.05, 4.69) is 6.07 Å². The molecule has 0 aromatic heterocycles. The van der Waals surface area contributed by atoms with E-state index < -0.39 is 5.97 Å². The molecule has 2 atom stereocenters. The van der Waals surface area contributed by atoms with Crippen LogP contribution >= 0.6 is 0 Å². The first-order chi connectivity index (χ1) is 15.4. The molecule has 2 aliphatic rings. The lowest BCUT2D eigenvalue weighted by atomic mass is 9.97. The minimum Gasteiger partial charge on any atom is -0.483 e. The molecule has 0 spiro atoms. The highest BCUT2D eigenvalue weighted by atomic mass is 16.5. The molecule has 0 radical (unpaired) electrons. The zero-order valence-corrected chi connectivity index (χ0v) is 18.0. The van der Waals surface area contributed by atoms with Crippen LogP contribution in [0.25, 0.3) is 11.1 Å². The number of hydrogen-bond donors (Lipinski definition) is 2. The van der Waals surface area contributed by atoms with Gasteiger partial charge in [-0.1, -0.05) is 48.0 Å². The monoisotopic (exact) mass is 440 g/mol. The average Bonchev–Trinajstić information content (AvgIpc) is 3.04. The number of benzene rings is 2. The summed E-state index contributed by atoms with van der Waals surface area (Å²) in [6.07, 6.45) is 0. The van der Waals surface area contributed by atoms with Crippen molar-refractivity contribution < 1.29 is 29.3 Å². The maximum Gasteiger partial charge on any atom is 0.317 e. The van der Waals surface area contributed by atoms with Crippen molar-refractivity contribution >= 4 is 18.3 Å². The van der Waals surface area contributed by atoms with Crippen LogP contribution < -0.4 is 0 Å². The Morgan fingerprint density at radius 1 is 1.09 bits per heavy atom. The summed E-state index contributed by atoms with van der Waals surface area (Å²) in [7, 11) is 0. The van der Waals surface area contributed by atoms with Crippen molar-refractivity contribution in [1.82, 2.24) is 9.80 Å². The third kappa shape index (κ3) is 5.72. The molecular weight excluding hydrogens is 412 g/mol. The highest BCUT2D eigenvalue weighted by Gasteiger charge is 2.37. The molecule has 32 heavy (non-hydrogen) atoms. The van der Waals surface area contributed by atoms with E-state index in [-0.39, 0.29) is 30.9 Å². The minimum absolute atomic E-state index is 0.00505.